The number of aromatic nitrogens is 2. The number of halogens is 3. The third kappa shape index (κ3) is 4.36. The summed E-state index contributed by atoms with van der Waals surface area (Å²) in [6.07, 6.45) is 0. The highest BCUT2D eigenvalue weighted by Gasteiger charge is 2.13. The van der Waals surface area contributed by atoms with Crippen molar-refractivity contribution in [1.82, 2.24) is 9.97 Å². The molecule has 1 N–H and O–H groups in total. The Balaban J connectivity index is 1.72. The first kappa shape index (κ1) is 18.3. The van der Waals surface area contributed by atoms with Crippen LogP contribution in [-0.2, 0) is 4.79 Å². The fourth-order valence-corrected chi connectivity index (χ4v) is 3.85. The van der Waals surface area contributed by atoms with Crippen LogP contribution in [0.1, 0.15) is 5.69 Å². The lowest BCUT2D eigenvalue weighted by Gasteiger charge is -2.10. The van der Waals surface area contributed by atoms with E-state index in [0.717, 1.165) is 16.7 Å². The van der Waals surface area contributed by atoms with E-state index in [-0.39, 0.29) is 21.7 Å². The van der Waals surface area contributed by atoms with Crippen LogP contribution in [0.2, 0.25) is 15.1 Å². The third-order valence-electron chi connectivity index (χ3n) is 3.31. The van der Waals surface area contributed by atoms with Crippen LogP contribution in [-0.4, -0.2) is 21.6 Å². The summed E-state index contributed by atoms with van der Waals surface area (Å²) in [4.78, 5) is 21.3. The average molecular weight is 413 g/mol. The summed E-state index contributed by atoms with van der Waals surface area (Å²) in [6, 6.07) is 10.7. The van der Waals surface area contributed by atoms with E-state index in [4.69, 9.17) is 34.8 Å². The van der Waals surface area contributed by atoms with E-state index >= 15 is 0 Å². The number of hydrogen-bond donors (Lipinski definition) is 1. The predicted molar refractivity (Wildman–Crippen MR) is 105 cm³/mol. The molecule has 4 nitrogen and oxygen atoms in total. The van der Waals surface area contributed by atoms with Crippen molar-refractivity contribution in [3.63, 3.8) is 0 Å². The van der Waals surface area contributed by atoms with Gasteiger partial charge in [-0.1, -0.05) is 58.7 Å². The lowest BCUT2D eigenvalue weighted by Crippen LogP contribution is -2.15. The van der Waals surface area contributed by atoms with Gasteiger partial charge in [0, 0.05) is 5.02 Å². The number of carbonyl (C=O) groups is 1. The smallest absolute Gasteiger partial charge is 0.234 e. The van der Waals surface area contributed by atoms with Gasteiger partial charge in [-0.25, -0.2) is 9.97 Å². The molecular formula is C17H12Cl3N3OS. The van der Waals surface area contributed by atoms with Gasteiger partial charge in [0.1, 0.15) is 5.03 Å². The fourth-order valence-electron chi connectivity index (χ4n) is 2.18. The molecule has 1 amide bonds. The van der Waals surface area contributed by atoms with Gasteiger partial charge < -0.3 is 5.32 Å². The highest BCUT2D eigenvalue weighted by Crippen LogP contribution is 2.34. The second-order valence-corrected chi connectivity index (χ2v) is 7.40. The molecule has 0 aliphatic carbocycles. The quantitative estimate of drug-likeness (QED) is 0.564. The molecule has 0 spiro atoms. The molecular weight excluding hydrogens is 401 g/mol. The molecule has 0 aliphatic rings. The van der Waals surface area contributed by atoms with Crippen LogP contribution < -0.4 is 5.32 Å². The molecule has 0 saturated heterocycles. The summed E-state index contributed by atoms with van der Waals surface area (Å²) in [7, 11) is 0. The first-order chi connectivity index (χ1) is 11.9. The largest absolute Gasteiger partial charge is 0.323 e. The number of thioether (sulfide) groups is 1. The number of anilines is 1. The van der Waals surface area contributed by atoms with Gasteiger partial charge in [-0.15, -0.1) is 0 Å². The minimum Gasteiger partial charge on any atom is -0.323 e. The van der Waals surface area contributed by atoms with Gasteiger partial charge in [-0.2, -0.15) is 0 Å². The number of carbonyl (C=O) groups excluding carboxylic acids is 1. The fraction of sp³-hybridized carbons (Fsp3) is 0.118. The van der Waals surface area contributed by atoms with Crippen molar-refractivity contribution < 1.29 is 4.79 Å². The molecule has 0 atom stereocenters. The number of aryl methyl sites for hydroxylation is 1. The summed E-state index contributed by atoms with van der Waals surface area (Å²) >= 11 is 19.3. The number of amides is 1. The van der Waals surface area contributed by atoms with Gasteiger partial charge in [0.25, 0.3) is 0 Å². The van der Waals surface area contributed by atoms with E-state index in [0.29, 0.717) is 15.7 Å². The molecule has 25 heavy (non-hydrogen) atoms. The van der Waals surface area contributed by atoms with Crippen LogP contribution in [0.25, 0.3) is 11.0 Å². The van der Waals surface area contributed by atoms with E-state index in [1.54, 1.807) is 0 Å². The van der Waals surface area contributed by atoms with Crippen LogP contribution in [0.4, 0.5) is 5.69 Å². The molecule has 3 rings (SSSR count). The minimum absolute atomic E-state index is 0.156. The summed E-state index contributed by atoms with van der Waals surface area (Å²) in [5, 5.41) is 4.40. The number of hydrogen-bond acceptors (Lipinski definition) is 4. The SMILES string of the molecule is Cc1nc2ccccc2nc1SCC(=O)Nc1c(Cl)cc(Cl)cc1Cl. The number of fused-ring (bicyclic) bond motifs is 1. The van der Waals surface area contributed by atoms with Crippen LogP contribution in [0.5, 0.6) is 0 Å². The number of nitrogens with zero attached hydrogens (tertiary/aromatic N) is 2. The highest BCUT2D eigenvalue weighted by molar-refractivity contribution is 8.00. The minimum atomic E-state index is -0.245. The Labute approximate surface area is 163 Å². The van der Waals surface area contributed by atoms with Crippen LogP contribution >= 0.6 is 46.6 Å². The third-order valence-corrected chi connectivity index (χ3v) is 5.19. The first-order valence-electron chi connectivity index (χ1n) is 7.24. The zero-order chi connectivity index (χ0) is 18.0. The Morgan fingerprint density at radius 2 is 1.68 bits per heavy atom. The molecule has 0 bridgehead atoms. The topological polar surface area (TPSA) is 54.9 Å². The zero-order valence-corrected chi connectivity index (χ0v) is 16.1. The molecule has 0 aliphatic heterocycles. The van der Waals surface area contributed by atoms with Gasteiger partial charge in [-0.05, 0) is 31.2 Å². The molecule has 1 heterocycles. The second-order valence-electron chi connectivity index (χ2n) is 5.18. The van der Waals surface area contributed by atoms with Gasteiger partial charge in [0.05, 0.1) is 38.2 Å². The van der Waals surface area contributed by atoms with Crippen LogP contribution in [0.3, 0.4) is 0 Å². The van der Waals surface area contributed by atoms with Crippen molar-refractivity contribution in [2.45, 2.75) is 11.9 Å². The van der Waals surface area contributed by atoms with Crippen molar-refractivity contribution in [3.05, 3.63) is 57.2 Å². The van der Waals surface area contributed by atoms with Gasteiger partial charge >= 0.3 is 0 Å². The molecule has 0 saturated carbocycles. The molecule has 0 fully saturated rings. The molecule has 0 unspecified atom stereocenters. The Morgan fingerprint density at radius 1 is 1.08 bits per heavy atom. The first-order valence-corrected chi connectivity index (χ1v) is 9.36. The lowest BCUT2D eigenvalue weighted by molar-refractivity contribution is -0.113. The Bertz CT molecular complexity index is 942. The number of benzene rings is 2. The number of rotatable bonds is 4. The van der Waals surface area contributed by atoms with E-state index in [1.165, 1.54) is 23.9 Å². The maximum atomic E-state index is 12.2. The van der Waals surface area contributed by atoms with Crippen LogP contribution in [0.15, 0.2) is 41.4 Å². The Morgan fingerprint density at radius 3 is 2.32 bits per heavy atom. The monoisotopic (exact) mass is 411 g/mol. The van der Waals surface area contributed by atoms with E-state index in [2.05, 4.69) is 15.3 Å². The number of para-hydroxylation sites is 2. The Kier molecular flexibility index (Phi) is 5.69. The Hall–Kier alpha value is -1.53. The molecule has 2 aromatic carbocycles. The van der Waals surface area contributed by atoms with Gasteiger partial charge in [0.2, 0.25) is 5.91 Å². The maximum Gasteiger partial charge on any atom is 0.234 e. The lowest BCUT2D eigenvalue weighted by atomic mass is 10.3. The zero-order valence-electron chi connectivity index (χ0n) is 13.0. The molecule has 8 heteroatoms. The summed E-state index contributed by atoms with van der Waals surface area (Å²) < 4.78 is 0. The van der Waals surface area contributed by atoms with Crippen molar-refractivity contribution in [3.8, 4) is 0 Å². The molecule has 1 aromatic heterocycles. The van der Waals surface area contributed by atoms with Crippen molar-refractivity contribution in [1.29, 1.82) is 0 Å². The second kappa shape index (κ2) is 7.79. The molecule has 0 radical (unpaired) electrons. The van der Waals surface area contributed by atoms with E-state index in [1.807, 2.05) is 31.2 Å². The van der Waals surface area contributed by atoms with E-state index < -0.39 is 0 Å². The van der Waals surface area contributed by atoms with Crippen molar-refractivity contribution in [2.24, 2.45) is 0 Å². The van der Waals surface area contributed by atoms with E-state index in [9.17, 15) is 4.79 Å². The summed E-state index contributed by atoms with van der Waals surface area (Å²) in [6.45, 7) is 1.87. The standard InChI is InChI=1S/C17H12Cl3N3OS/c1-9-17(22-14-5-3-2-4-13(14)21-9)25-8-15(24)23-16-11(19)6-10(18)7-12(16)20/h2-7H,8H2,1H3,(H,23,24). The van der Waals surface area contributed by atoms with Crippen LogP contribution in [0, 0.1) is 6.92 Å². The highest BCUT2D eigenvalue weighted by atomic mass is 35.5. The normalized spacial score (nSPS) is 10.9. The van der Waals surface area contributed by atoms with Gasteiger partial charge in [0.15, 0.2) is 0 Å². The molecule has 3 aromatic rings. The predicted octanol–water partition coefficient (Wildman–Crippen LogP) is 5.63. The van der Waals surface area contributed by atoms with Crippen molar-refractivity contribution >= 4 is 69.2 Å². The maximum absolute atomic E-state index is 12.2. The summed E-state index contributed by atoms with van der Waals surface area (Å²) in [5.74, 6) is -0.0890. The van der Waals surface area contributed by atoms with Gasteiger partial charge in [-0.3, -0.25) is 4.79 Å². The molecule has 128 valence electrons. The number of nitrogens with one attached hydrogen (secondary N) is 1. The average Bonchev–Trinajstić information content (AvgIpc) is 2.56. The summed E-state index contributed by atoms with van der Waals surface area (Å²) in [5.41, 5.74) is 2.74. The van der Waals surface area contributed by atoms with Crippen molar-refractivity contribution in [2.75, 3.05) is 11.1 Å².